The largest absolute Gasteiger partial charge is 0.381 e. The normalized spacial score (nSPS) is 19.3. The number of hydrogen-bond acceptors (Lipinski definition) is 6. The minimum absolute atomic E-state index is 0.195. The molecule has 2 heterocycles. The van der Waals surface area contributed by atoms with Crippen molar-refractivity contribution in [2.75, 3.05) is 26.6 Å². The van der Waals surface area contributed by atoms with Crippen LogP contribution in [0.25, 0.3) is 0 Å². The van der Waals surface area contributed by atoms with Crippen molar-refractivity contribution < 1.29 is 17.9 Å². The third-order valence-electron chi connectivity index (χ3n) is 3.16. The smallest absolute Gasteiger partial charge is 0.248 e. The van der Waals surface area contributed by atoms with Crippen molar-refractivity contribution in [1.29, 1.82) is 0 Å². The van der Waals surface area contributed by atoms with E-state index >= 15 is 0 Å². The Morgan fingerprint density at radius 3 is 2.53 bits per heavy atom. The molecule has 0 N–H and O–H groups in total. The fourth-order valence-electron chi connectivity index (χ4n) is 2.06. The number of rotatable bonds is 3. The second-order valence-corrected chi connectivity index (χ2v) is 7.16. The van der Waals surface area contributed by atoms with E-state index in [9.17, 15) is 8.42 Å². The van der Waals surface area contributed by atoms with Crippen molar-refractivity contribution in [3.8, 4) is 0 Å². The Morgan fingerprint density at radius 2 is 2.00 bits per heavy atom. The summed E-state index contributed by atoms with van der Waals surface area (Å²) in [6.45, 7) is 1.12. The Labute approximate surface area is 120 Å². The zero-order valence-electron chi connectivity index (χ0n) is 10.7. The van der Waals surface area contributed by atoms with Gasteiger partial charge in [-0.05, 0) is 22.0 Å². The number of nitrogens with zero attached hydrogens (tertiary/aromatic N) is 2. The molecule has 1 aromatic heterocycles. The quantitative estimate of drug-likeness (QED) is 0.603. The molecule has 1 aliphatic heterocycles. The maximum Gasteiger partial charge on any atom is 0.248 e. The van der Waals surface area contributed by atoms with Crippen LogP contribution in [0.3, 0.4) is 0 Å². The van der Waals surface area contributed by atoms with Gasteiger partial charge in [0.05, 0.1) is 5.69 Å². The van der Waals surface area contributed by atoms with E-state index in [0.29, 0.717) is 36.4 Å². The number of methoxy groups -OCH3 is 1. The van der Waals surface area contributed by atoms with E-state index in [-0.39, 0.29) is 5.16 Å². The maximum atomic E-state index is 11.6. The molecule has 0 unspecified atom stereocenters. The van der Waals surface area contributed by atoms with Crippen LogP contribution in [0, 0.1) is 0 Å². The lowest BCUT2D eigenvalue weighted by molar-refractivity contribution is -0.0977. The lowest BCUT2D eigenvalue weighted by Crippen LogP contribution is -2.37. The Bertz CT molecular complexity index is 570. The summed E-state index contributed by atoms with van der Waals surface area (Å²) in [6, 6.07) is 1.70. The van der Waals surface area contributed by atoms with Gasteiger partial charge in [0.2, 0.25) is 15.0 Å². The second-order valence-electron chi connectivity index (χ2n) is 4.44. The van der Waals surface area contributed by atoms with E-state index in [2.05, 4.69) is 25.9 Å². The van der Waals surface area contributed by atoms with E-state index in [1.54, 1.807) is 13.2 Å². The van der Waals surface area contributed by atoms with Crippen LogP contribution in [-0.2, 0) is 24.9 Å². The van der Waals surface area contributed by atoms with Gasteiger partial charge in [0.15, 0.2) is 0 Å². The summed E-state index contributed by atoms with van der Waals surface area (Å²) < 4.78 is 34.6. The van der Waals surface area contributed by atoms with Crippen molar-refractivity contribution in [3.63, 3.8) is 0 Å². The molecule has 0 aromatic carbocycles. The van der Waals surface area contributed by atoms with Gasteiger partial charge in [-0.1, -0.05) is 0 Å². The van der Waals surface area contributed by atoms with Crippen LogP contribution in [0.4, 0.5) is 0 Å². The number of halogens is 1. The lowest BCUT2D eigenvalue weighted by Gasteiger charge is -2.35. The molecule has 0 saturated carbocycles. The molecule has 1 fully saturated rings. The molecule has 6 nitrogen and oxygen atoms in total. The van der Waals surface area contributed by atoms with E-state index in [0.717, 1.165) is 6.26 Å². The fourth-order valence-corrected chi connectivity index (χ4v) is 3.09. The number of hydrogen-bond donors (Lipinski definition) is 0. The lowest BCUT2D eigenvalue weighted by atomic mass is 9.90. The molecule has 2 rings (SSSR count). The second kappa shape index (κ2) is 5.43. The summed E-state index contributed by atoms with van der Waals surface area (Å²) in [5.74, 6) is 0. The van der Waals surface area contributed by atoms with Gasteiger partial charge in [0, 0.05) is 39.4 Å². The Kier molecular flexibility index (Phi) is 4.24. The third kappa shape index (κ3) is 3.13. The first-order valence-electron chi connectivity index (χ1n) is 5.75. The zero-order chi connectivity index (χ0) is 14.1. The molecular formula is C11H15BrN2O4S. The third-order valence-corrected chi connectivity index (χ3v) is 4.42. The highest BCUT2D eigenvalue weighted by Crippen LogP contribution is 2.35. The summed E-state index contributed by atoms with van der Waals surface area (Å²) in [4.78, 5) is 8.06. The summed E-state index contributed by atoms with van der Waals surface area (Å²) >= 11 is 3.22. The first-order valence-corrected chi connectivity index (χ1v) is 8.44. The minimum Gasteiger partial charge on any atom is -0.381 e. The molecular weight excluding hydrogens is 336 g/mol. The summed E-state index contributed by atoms with van der Waals surface area (Å²) in [5.41, 5.74) is -0.0380. The molecule has 0 bridgehead atoms. The van der Waals surface area contributed by atoms with Gasteiger partial charge in [0.25, 0.3) is 0 Å². The van der Waals surface area contributed by atoms with Gasteiger partial charge >= 0.3 is 0 Å². The van der Waals surface area contributed by atoms with E-state index in [1.165, 1.54) is 0 Å². The monoisotopic (exact) mass is 350 g/mol. The Balaban J connectivity index is 2.52. The fraction of sp³-hybridized carbons (Fsp3) is 0.636. The number of aromatic nitrogens is 2. The zero-order valence-corrected chi connectivity index (χ0v) is 13.1. The van der Waals surface area contributed by atoms with Crippen molar-refractivity contribution in [1.82, 2.24) is 9.97 Å². The van der Waals surface area contributed by atoms with Crippen molar-refractivity contribution in [3.05, 3.63) is 16.4 Å². The van der Waals surface area contributed by atoms with E-state index < -0.39 is 15.4 Å². The molecule has 106 valence electrons. The van der Waals surface area contributed by atoms with Crippen LogP contribution in [0.1, 0.15) is 18.5 Å². The number of sulfone groups is 1. The van der Waals surface area contributed by atoms with E-state index in [1.807, 2.05) is 0 Å². The molecule has 1 saturated heterocycles. The standard InChI is InChI=1S/C11H15BrN2O4S/c1-17-11(3-5-18-6-4-11)8-7-9(12)14-10(13-8)19(2,15)16/h7H,3-6H2,1-2H3. The molecule has 1 aromatic rings. The molecule has 0 aliphatic carbocycles. The van der Waals surface area contributed by atoms with Crippen LogP contribution in [-0.4, -0.2) is 45.0 Å². The highest BCUT2D eigenvalue weighted by molar-refractivity contribution is 9.10. The molecule has 19 heavy (non-hydrogen) atoms. The summed E-state index contributed by atoms with van der Waals surface area (Å²) in [6.07, 6.45) is 2.36. The van der Waals surface area contributed by atoms with Gasteiger partial charge in [-0.25, -0.2) is 18.4 Å². The molecule has 0 spiro atoms. The molecule has 0 amide bonds. The van der Waals surface area contributed by atoms with Crippen LogP contribution < -0.4 is 0 Å². The van der Waals surface area contributed by atoms with Crippen LogP contribution >= 0.6 is 15.9 Å². The highest BCUT2D eigenvalue weighted by Gasteiger charge is 2.37. The van der Waals surface area contributed by atoms with Gasteiger partial charge < -0.3 is 9.47 Å². The highest BCUT2D eigenvalue weighted by atomic mass is 79.9. The van der Waals surface area contributed by atoms with Gasteiger partial charge in [-0.3, -0.25) is 0 Å². The predicted octanol–water partition coefficient (Wildman–Crippen LogP) is 1.29. The first-order chi connectivity index (χ1) is 8.87. The van der Waals surface area contributed by atoms with Crippen molar-refractivity contribution in [2.24, 2.45) is 0 Å². The van der Waals surface area contributed by atoms with Crippen LogP contribution in [0.2, 0.25) is 0 Å². The summed E-state index contributed by atoms with van der Waals surface area (Å²) in [5, 5.41) is -0.195. The first kappa shape index (κ1) is 14.8. The average Bonchev–Trinajstić information content (AvgIpc) is 2.38. The molecule has 1 aliphatic rings. The molecule has 0 radical (unpaired) electrons. The van der Waals surface area contributed by atoms with Gasteiger partial charge in [-0.2, -0.15) is 0 Å². The molecule has 8 heteroatoms. The Hall–Kier alpha value is -0.570. The van der Waals surface area contributed by atoms with Gasteiger partial charge in [0.1, 0.15) is 10.2 Å². The topological polar surface area (TPSA) is 78.4 Å². The average molecular weight is 351 g/mol. The minimum atomic E-state index is -3.46. The SMILES string of the molecule is COC1(c2cc(Br)nc(S(C)(=O)=O)n2)CCOCC1. The Morgan fingerprint density at radius 1 is 1.37 bits per heavy atom. The van der Waals surface area contributed by atoms with Crippen molar-refractivity contribution in [2.45, 2.75) is 23.6 Å². The van der Waals surface area contributed by atoms with Gasteiger partial charge in [-0.15, -0.1) is 0 Å². The van der Waals surface area contributed by atoms with Crippen LogP contribution in [0.15, 0.2) is 15.8 Å². The van der Waals surface area contributed by atoms with Crippen molar-refractivity contribution >= 4 is 25.8 Å². The summed E-state index contributed by atoms with van der Waals surface area (Å²) in [7, 11) is -1.86. The number of ether oxygens (including phenoxy) is 2. The predicted molar refractivity (Wildman–Crippen MR) is 71.6 cm³/mol. The molecule has 0 atom stereocenters. The van der Waals surface area contributed by atoms with E-state index in [4.69, 9.17) is 9.47 Å². The maximum absolute atomic E-state index is 11.6. The van der Waals surface area contributed by atoms with Crippen LogP contribution in [0.5, 0.6) is 0 Å².